The summed E-state index contributed by atoms with van der Waals surface area (Å²) < 4.78 is 0. The molecule has 5 heteroatoms. The van der Waals surface area contributed by atoms with E-state index in [1.165, 1.54) is 0 Å². The zero-order chi connectivity index (χ0) is 16.7. The van der Waals surface area contributed by atoms with Gasteiger partial charge >= 0.3 is 0 Å². The number of amides is 1. The van der Waals surface area contributed by atoms with Crippen molar-refractivity contribution in [3.63, 3.8) is 0 Å². The number of nitrogens with zero attached hydrogens (tertiary/aromatic N) is 2. The number of carbonyl (C=O) groups excluding carboxylic acids is 1. The average molecular weight is 313 g/mol. The van der Waals surface area contributed by atoms with E-state index in [-0.39, 0.29) is 19.1 Å². The lowest BCUT2D eigenvalue weighted by Gasteiger charge is -2.20. The summed E-state index contributed by atoms with van der Waals surface area (Å²) in [5, 5.41) is 12.1. The summed E-state index contributed by atoms with van der Waals surface area (Å²) in [7, 11) is 0. The number of hydrogen-bond donors (Lipinski definition) is 2. The van der Waals surface area contributed by atoms with Crippen molar-refractivity contribution in [3.8, 4) is 0 Å². The number of aliphatic hydroxyl groups is 1. The molecule has 0 aliphatic heterocycles. The van der Waals surface area contributed by atoms with Crippen LogP contribution in [0.4, 0.5) is 5.69 Å². The first-order valence-electron chi connectivity index (χ1n) is 7.67. The highest BCUT2D eigenvalue weighted by Gasteiger charge is 2.11. The van der Waals surface area contributed by atoms with Gasteiger partial charge in [0.25, 0.3) is 0 Å². The predicted octanol–water partition coefficient (Wildman–Crippen LogP) is 2.13. The fourth-order valence-electron chi connectivity index (χ4n) is 2.56. The Bertz CT molecular complexity index is 624. The maximum absolute atomic E-state index is 12.3. The Kier molecular flexibility index (Phi) is 6.26. The summed E-state index contributed by atoms with van der Waals surface area (Å²) in [5.74, 6) is -0.0904. The van der Waals surface area contributed by atoms with Gasteiger partial charge in [-0.25, -0.2) is 0 Å². The van der Waals surface area contributed by atoms with Gasteiger partial charge < -0.3 is 10.4 Å². The number of rotatable bonds is 7. The molecule has 0 radical (unpaired) electrons. The molecule has 0 atom stereocenters. The number of aryl methyl sites for hydroxylation is 2. The van der Waals surface area contributed by atoms with E-state index in [2.05, 4.69) is 16.4 Å². The second kappa shape index (κ2) is 8.41. The zero-order valence-electron chi connectivity index (χ0n) is 13.6. The van der Waals surface area contributed by atoms with Crippen molar-refractivity contribution >= 4 is 11.6 Å². The van der Waals surface area contributed by atoms with Crippen LogP contribution in [0.25, 0.3) is 0 Å². The third kappa shape index (κ3) is 5.81. The molecule has 0 saturated carbocycles. The Morgan fingerprint density at radius 3 is 2.61 bits per heavy atom. The van der Waals surface area contributed by atoms with Gasteiger partial charge in [0.1, 0.15) is 0 Å². The molecule has 0 fully saturated rings. The second-order valence-corrected chi connectivity index (χ2v) is 5.72. The molecular weight excluding hydrogens is 290 g/mol. The van der Waals surface area contributed by atoms with Gasteiger partial charge in [0, 0.05) is 31.2 Å². The molecule has 0 saturated heterocycles. The van der Waals surface area contributed by atoms with Crippen molar-refractivity contribution in [2.24, 2.45) is 0 Å². The molecule has 5 nitrogen and oxygen atoms in total. The van der Waals surface area contributed by atoms with Gasteiger partial charge in [-0.3, -0.25) is 14.7 Å². The van der Waals surface area contributed by atoms with E-state index in [4.69, 9.17) is 0 Å². The molecule has 0 bridgehead atoms. The Morgan fingerprint density at radius 1 is 1.26 bits per heavy atom. The van der Waals surface area contributed by atoms with Crippen LogP contribution < -0.4 is 5.32 Å². The highest BCUT2D eigenvalue weighted by Crippen LogP contribution is 2.14. The molecule has 1 amide bonds. The normalized spacial score (nSPS) is 10.8. The van der Waals surface area contributed by atoms with Gasteiger partial charge in [0.2, 0.25) is 5.91 Å². The maximum Gasteiger partial charge on any atom is 0.238 e. The fraction of sp³-hybridized carbons (Fsp3) is 0.333. The summed E-state index contributed by atoms with van der Waals surface area (Å²) in [6.45, 7) is 5.26. The number of nitrogens with one attached hydrogen (secondary N) is 1. The van der Waals surface area contributed by atoms with Crippen LogP contribution in [0, 0.1) is 13.8 Å². The Morgan fingerprint density at radius 2 is 2.00 bits per heavy atom. The smallest absolute Gasteiger partial charge is 0.238 e. The van der Waals surface area contributed by atoms with Gasteiger partial charge in [0.05, 0.1) is 13.2 Å². The molecule has 0 aliphatic rings. The molecule has 1 aromatic heterocycles. The molecule has 1 heterocycles. The van der Waals surface area contributed by atoms with E-state index in [9.17, 15) is 9.90 Å². The van der Waals surface area contributed by atoms with Crippen LogP contribution in [0.2, 0.25) is 0 Å². The van der Waals surface area contributed by atoms with Crippen LogP contribution >= 0.6 is 0 Å². The maximum atomic E-state index is 12.3. The molecule has 2 N–H and O–H groups in total. The highest BCUT2D eigenvalue weighted by atomic mass is 16.3. The number of aliphatic hydroxyl groups excluding tert-OH is 1. The average Bonchev–Trinajstić information content (AvgIpc) is 2.47. The van der Waals surface area contributed by atoms with Crippen molar-refractivity contribution in [1.29, 1.82) is 0 Å². The van der Waals surface area contributed by atoms with Crippen molar-refractivity contribution in [2.75, 3.05) is 25.0 Å². The third-order valence-electron chi connectivity index (χ3n) is 3.42. The van der Waals surface area contributed by atoms with E-state index in [0.717, 1.165) is 22.4 Å². The lowest BCUT2D eigenvalue weighted by atomic mass is 10.1. The molecule has 2 aromatic rings. The van der Waals surface area contributed by atoms with Gasteiger partial charge in [-0.05, 0) is 48.7 Å². The van der Waals surface area contributed by atoms with Crippen LogP contribution in [0.15, 0.2) is 42.7 Å². The predicted molar refractivity (Wildman–Crippen MR) is 91.1 cm³/mol. The van der Waals surface area contributed by atoms with E-state index >= 15 is 0 Å². The van der Waals surface area contributed by atoms with Gasteiger partial charge in [-0.2, -0.15) is 0 Å². The Hall–Kier alpha value is -2.24. The molecule has 0 aliphatic carbocycles. The summed E-state index contributed by atoms with van der Waals surface area (Å²) in [4.78, 5) is 18.2. The van der Waals surface area contributed by atoms with Crippen LogP contribution in [0.5, 0.6) is 0 Å². The van der Waals surface area contributed by atoms with Gasteiger partial charge in [-0.15, -0.1) is 0 Å². The fourth-order valence-corrected chi connectivity index (χ4v) is 2.56. The topological polar surface area (TPSA) is 65.5 Å². The molecule has 23 heavy (non-hydrogen) atoms. The number of benzene rings is 1. The van der Waals surface area contributed by atoms with Crippen LogP contribution in [0.3, 0.4) is 0 Å². The molecule has 1 aromatic carbocycles. The second-order valence-electron chi connectivity index (χ2n) is 5.72. The minimum absolute atomic E-state index is 0.0110. The largest absolute Gasteiger partial charge is 0.395 e. The van der Waals surface area contributed by atoms with E-state index in [1.54, 1.807) is 12.4 Å². The number of hydrogen-bond acceptors (Lipinski definition) is 4. The third-order valence-corrected chi connectivity index (χ3v) is 3.42. The minimum Gasteiger partial charge on any atom is -0.395 e. The van der Waals surface area contributed by atoms with Crippen molar-refractivity contribution in [2.45, 2.75) is 20.4 Å². The summed E-state index contributed by atoms with van der Waals surface area (Å²) >= 11 is 0. The van der Waals surface area contributed by atoms with Crippen molar-refractivity contribution in [3.05, 3.63) is 59.4 Å². The lowest BCUT2D eigenvalue weighted by Crippen LogP contribution is -2.34. The SMILES string of the molecule is Cc1cc(C)cc(NC(=O)CN(CCO)Cc2cccnc2)c1. The van der Waals surface area contributed by atoms with E-state index in [0.29, 0.717) is 13.1 Å². The summed E-state index contributed by atoms with van der Waals surface area (Å²) in [5.41, 5.74) is 4.05. The molecular formula is C18H23N3O2. The summed E-state index contributed by atoms with van der Waals surface area (Å²) in [6.07, 6.45) is 3.48. The first kappa shape index (κ1) is 17.1. The van der Waals surface area contributed by atoms with Crippen LogP contribution in [0.1, 0.15) is 16.7 Å². The van der Waals surface area contributed by atoms with E-state index in [1.807, 2.05) is 43.0 Å². The number of aromatic nitrogens is 1. The Balaban J connectivity index is 1.97. The number of pyridine rings is 1. The molecule has 122 valence electrons. The molecule has 0 unspecified atom stereocenters. The Labute approximate surface area is 137 Å². The zero-order valence-corrected chi connectivity index (χ0v) is 13.6. The van der Waals surface area contributed by atoms with Crippen molar-refractivity contribution in [1.82, 2.24) is 9.88 Å². The summed E-state index contributed by atoms with van der Waals surface area (Å²) in [6, 6.07) is 9.78. The van der Waals surface area contributed by atoms with Crippen LogP contribution in [-0.4, -0.2) is 40.6 Å². The van der Waals surface area contributed by atoms with Gasteiger partial charge in [0.15, 0.2) is 0 Å². The number of carbonyl (C=O) groups is 1. The van der Waals surface area contributed by atoms with E-state index < -0.39 is 0 Å². The lowest BCUT2D eigenvalue weighted by molar-refractivity contribution is -0.117. The molecule has 0 spiro atoms. The standard InChI is InChI=1S/C18H23N3O2/c1-14-8-15(2)10-17(9-14)20-18(23)13-21(6-7-22)12-16-4-3-5-19-11-16/h3-5,8-11,22H,6-7,12-13H2,1-2H3,(H,20,23). The monoisotopic (exact) mass is 313 g/mol. The number of anilines is 1. The minimum atomic E-state index is -0.0904. The van der Waals surface area contributed by atoms with Crippen LogP contribution in [-0.2, 0) is 11.3 Å². The highest BCUT2D eigenvalue weighted by molar-refractivity contribution is 5.92. The first-order valence-corrected chi connectivity index (χ1v) is 7.67. The van der Waals surface area contributed by atoms with Gasteiger partial charge in [-0.1, -0.05) is 12.1 Å². The van der Waals surface area contributed by atoms with Crippen molar-refractivity contribution < 1.29 is 9.90 Å². The molecule has 2 rings (SSSR count). The quantitative estimate of drug-likeness (QED) is 0.822. The first-order chi connectivity index (χ1) is 11.1.